The van der Waals surface area contributed by atoms with E-state index < -0.39 is 0 Å². The Morgan fingerprint density at radius 1 is 1.43 bits per heavy atom. The molecular formula is C11H16N2O. The molecule has 0 heterocycles. The molecule has 1 aromatic carbocycles. The maximum atomic E-state index is 5.51. The molecule has 2 N–H and O–H groups in total. The number of hydrazone groups is 1. The highest BCUT2D eigenvalue weighted by Crippen LogP contribution is 2.08. The van der Waals surface area contributed by atoms with E-state index in [9.17, 15) is 0 Å². The SMILES string of the molecule is CC(C)OCc1ccccc1C=NN. The number of nitrogens with two attached hydrogens (primary N) is 1. The summed E-state index contributed by atoms with van der Waals surface area (Å²) in [5, 5.41) is 3.51. The third-order valence-electron chi connectivity index (χ3n) is 1.84. The molecule has 0 amide bonds. The van der Waals surface area contributed by atoms with Crippen molar-refractivity contribution in [3.63, 3.8) is 0 Å². The van der Waals surface area contributed by atoms with Gasteiger partial charge in [0.1, 0.15) is 0 Å². The van der Waals surface area contributed by atoms with Crippen LogP contribution in [0.4, 0.5) is 0 Å². The Labute approximate surface area is 84.6 Å². The number of hydrogen-bond acceptors (Lipinski definition) is 3. The Balaban J connectivity index is 2.74. The van der Waals surface area contributed by atoms with Gasteiger partial charge in [-0.15, -0.1) is 0 Å². The summed E-state index contributed by atoms with van der Waals surface area (Å²) in [6, 6.07) is 7.91. The van der Waals surface area contributed by atoms with E-state index >= 15 is 0 Å². The Morgan fingerprint density at radius 2 is 2.14 bits per heavy atom. The maximum Gasteiger partial charge on any atom is 0.0726 e. The van der Waals surface area contributed by atoms with Gasteiger partial charge in [-0.05, 0) is 25.0 Å². The van der Waals surface area contributed by atoms with Crippen LogP contribution in [0.1, 0.15) is 25.0 Å². The molecule has 14 heavy (non-hydrogen) atoms. The molecule has 3 heteroatoms. The first-order valence-electron chi connectivity index (χ1n) is 4.67. The van der Waals surface area contributed by atoms with E-state index in [1.54, 1.807) is 6.21 Å². The molecule has 0 aliphatic carbocycles. The Kier molecular flexibility index (Phi) is 4.13. The minimum atomic E-state index is 0.234. The molecule has 0 radical (unpaired) electrons. The van der Waals surface area contributed by atoms with E-state index in [0.717, 1.165) is 11.1 Å². The first-order chi connectivity index (χ1) is 6.74. The number of ether oxygens (including phenoxy) is 1. The Morgan fingerprint density at radius 3 is 2.79 bits per heavy atom. The maximum absolute atomic E-state index is 5.51. The lowest BCUT2D eigenvalue weighted by molar-refractivity contribution is 0.0656. The highest BCUT2D eigenvalue weighted by Gasteiger charge is 2.00. The van der Waals surface area contributed by atoms with Crippen LogP contribution in [0.15, 0.2) is 29.4 Å². The van der Waals surface area contributed by atoms with Crippen molar-refractivity contribution in [1.82, 2.24) is 0 Å². The van der Waals surface area contributed by atoms with Gasteiger partial charge in [-0.1, -0.05) is 24.3 Å². The van der Waals surface area contributed by atoms with E-state index in [-0.39, 0.29) is 6.10 Å². The van der Waals surface area contributed by atoms with Crippen LogP contribution in [0.5, 0.6) is 0 Å². The van der Waals surface area contributed by atoms with Gasteiger partial charge in [-0.2, -0.15) is 5.10 Å². The van der Waals surface area contributed by atoms with Crippen molar-refractivity contribution in [1.29, 1.82) is 0 Å². The number of nitrogens with zero attached hydrogens (tertiary/aromatic N) is 1. The minimum Gasteiger partial charge on any atom is -0.374 e. The normalized spacial score (nSPS) is 11.4. The third kappa shape index (κ3) is 3.18. The van der Waals surface area contributed by atoms with Gasteiger partial charge in [0, 0.05) is 0 Å². The van der Waals surface area contributed by atoms with Crippen LogP contribution in [0.2, 0.25) is 0 Å². The fourth-order valence-electron chi connectivity index (χ4n) is 1.13. The van der Waals surface area contributed by atoms with Crippen LogP contribution in [-0.2, 0) is 11.3 Å². The lowest BCUT2D eigenvalue weighted by Crippen LogP contribution is -2.04. The van der Waals surface area contributed by atoms with Gasteiger partial charge >= 0.3 is 0 Å². The van der Waals surface area contributed by atoms with Gasteiger partial charge in [0.15, 0.2) is 0 Å². The second kappa shape index (κ2) is 5.40. The van der Waals surface area contributed by atoms with Crippen LogP contribution in [0, 0.1) is 0 Å². The van der Waals surface area contributed by atoms with Gasteiger partial charge in [0.2, 0.25) is 0 Å². The summed E-state index contributed by atoms with van der Waals surface area (Å²) in [6.07, 6.45) is 1.87. The molecule has 1 rings (SSSR count). The zero-order chi connectivity index (χ0) is 10.4. The number of benzene rings is 1. The summed E-state index contributed by atoms with van der Waals surface area (Å²) in [6.45, 7) is 4.62. The van der Waals surface area contributed by atoms with Gasteiger partial charge in [0.25, 0.3) is 0 Å². The van der Waals surface area contributed by atoms with E-state index in [4.69, 9.17) is 10.6 Å². The van der Waals surface area contributed by atoms with E-state index in [1.807, 2.05) is 38.1 Å². The summed E-state index contributed by atoms with van der Waals surface area (Å²) in [4.78, 5) is 0. The van der Waals surface area contributed by atoms with Crippen molar-refractivity contribution < 1.29 is 4.74 Å². The van der Waals surface area contributed by atoms with Crippen molar-refractivity contribution in [3.05, 3.63) is 35.4 Å². The third-order valence-corrected chi connectivity index (χ3v) is 1.84. The van der Waals surface area contributed by atoms with Crippen molar-refractivity contribution in [2.24, 2.45) is 10.9 Å². The summed E-state index contributed by atoms with van der Waals surface area (Å²) >= 11 is 0. The summed E-state index contributed by atoms with van der Waals surface area (Å²) in [7, 11) is 0. The van der Waals surface area contributed by atoms with Crippen molar-refractivity contribution in [2.75, 3.05) is 0 Å². The first kappa shape index (κ1) is 10.7. The molecule has 0 aromatic heterocycles. The monoisotopic (exact) mass is 192 g/mol. The van der Waals surface area contributed by atoms with Crippen molar-refractivity contribution in [2.45, 2.75) is 26.6 Å². The predicted molar refractivity (Wildman–Crippen MR) is 58.1 cm³/mol. The molecular weight excluding hydrogens is 176 g/mol. The molecule has 0 atom stereocenters. The molecule has 0 saturated heterocycles. The fourth-order valence-corrected chi connectivity index (χ4v) is 1.13. The standard InChI is InChI=1S/C11H16N2O/c1-9(2)14-8-11-6-4-3-5-10(11)7-13-12/h3-7,9H,8,12H2,1-2H3. The highest BCUT2D eigenvalue weighted by atomic mass is 16.5. The van der Waals surface area contributed by atoms with Gasteiger partial charge < -0.3 is 10.6 Å². The lowest BCUT2D eigenvalue weighted by atomic mass is 10.1. The van der Waals surface area contributed by atoms with Crippen molar-refractivity contribution in [3.8, 4) is 0 Å². The van der Waals surface area contributed by atoms with Crippen LogP contribution >= 0.6 is 0 Å². The van der Waals surface area contributed by atoms with Gasteiger partial charge in [-0.3, -0.25) is 0 Å². The topological polar surface area (TPSA) is 47.6 Å². The van der Waals surface area contributed by atoms with Crippen molar-refractivity contribution >= 4 is 6.21 Å². The van der Waals surface area contributed by atoms with E-state index in [2.05, 4.69) is 5.10 Å². The molecule has 0 saturated carbocycles. The molecule has 0 fully saturated rings. The van der Waals surface area contributed by atoms with E-state index in [1.165, 1.54) is 0 Å². The number of rotatable bonds is 4. The Hall–Kier alpha value is -1.35. The average Bonchev–Trinajstić information content (AvgIpc) is 2.17. The highest BCUT2D eigenvalue weighted by molar-refractivity contribution is 5.81. The van der Waals surface area contributed by atoms with Crippen LogP contribution < -0.4 is 5.84 Å². The molecule has 76 valence electrons. The average molecular weight is 192 g/mol. The molecule has 1 aromatic rings. The fraction of sp³-hybridized carbons (Fsp3) is 0.364. The molecule has 0 aliphatic heterocycles. The largest absolute Gasteiger partial charge is 0.374 e. The smallest absolute Gasteiger partial charge is 0.0726 e. The molecule has 0 aliphatic rings. The molecule has 0 bridgehead atoms. The first-order valence-corrected chi connectivity index (χ1v) is 4.67. The quantitative estimate of drug-likeness (QED) is 0.450. The van der Waals surface area contributed by atoms with Crippen LogP contribution in [0.3, 0.4) is 0 Å². The lowest BCUT2D eigenvalue weighted by Gasteiger charge is -2.09. The minimum absolute atomic E-state index is 0.234. The van der Waals surface area contributed by atoms with E-state index in [0.29, 0.717) is 6.61 Å². The summed E-state index contributed by atoms with van der Waals surface area (Å²) in [5.74, 6) is 5.11. The number of hydrogen-bond donors (Lipinski definition) is 1. The van der Waals surface area contributed by atoms with Crippen LogP contribution in [0.25, 0.3) is 0 Å². The summed E-state index contributed by atoms with van der Waals surface area (Å²) < 4.78 is 5.51. The zero-order valence-electron chi connectivity index (χ0n) is 8.60. The molecule has 0 spiro atoms. The summed E-state index contributed by atoms with van der Waals surface area (Å²) in [5.41, 5.74) is 2.12. The molecule has 3 nitrogen and oxygen atoms in total. The van der Waals surface area contributed by atoms with Crippen LogP contribution in [-0.4, -0.2) is 12.3 Å². The van der Waals surface area contributed by atoms with Gasteiger partial charge in [0.05, 0.1) is 18.9 Å². The van der Waals surface area contributed by atoms with Gasteiger partial charge in [-0.25, -0.2) is 0 Å². The Bertz CT molecular complexity index is 308. The zero-order valence-corrected chi connectivity index (χ0v) is 8.60. The molecule has 0 unspecified atom stereocenters. The predicted octanol–water partition coefficient (Wildman–Crippen LogP) is 1.90. The second-order valence-electron chi connectivity index (χ2n) is 3.34. The second-order valence-corrected chi connectivity index (χ2v) is 3.34.